The summed E-state index contributed by atoms with van der Waals surface area (Å²) in [5.41, 5.74) is 1.14. The van der Waals surface area contributed by atoms with Gasteiger partial charge in [0.2, 0.25) is 0 Å². The van der Waals surface area contributed by atoms with Gasteiger partial charge in [-0.2, -0.15) is 23.5 Å². The van der Waals surface area contributed by atoms with Crippen molar-refractivity contribution in [1.29, 1.82) is 0 Å². The van der Waals surface area contributed by atoms with Crippen LogP contribution in [0.15, 0.2) is 5.38 Å². The van der Waals surface area contributed by atoms with Crippen molar-refractivity contribution in [2.75, 3.05) is 23.0 Å². The highest BCUT2D eigenvalue weighted by Crippen LogP contribution is 2.21. The predicted molar refractivity (Wildman–Crippen MR) is 76.8 cm³/mol. The highest BCUT2D eigenvalue weighted by atomic mass is 32.2. The fourth-order valence-corrected chi connectivity index (χ4v) is 4.94. The van der Waals surface area contributed by atoms with Gasteiger partial charge in [0, 0.05) is 40.1 Å². The lowest BCUT2D eigenvalue weighted by atomic mass is 10.3. The van der Waals surface area contributed by atoms with E-state index in [2.05, 4.69) is 53.1 Å². The molecule has 90 valence electrons. The lowest BCUT2D eigenvalue weighted by molar-refractivity contribution is 0.514. The van der Waals surface area contributed by atoms with Crippen molar-refractivity contribution in [1.82, 2.24) is 10.3 Å². The number of hydrogen-bond acceptors (Lipinski definition) is 5. The van der Waals surface area contributed by atoms with Gasteiger partial charge in [0.15, 0.2) is 0 Å². The average molecular weight is 274 g/mol. The molecule has 1 aromatic rings. The van der Waals surface area contributed by atoms with Gasteiger partial charge >= 0.3 is 0 Å². The van der Waals surface area contributed by atoms with Gasteiger partial charge in [0.25, 0.3) is 0 Å². The van der Waals surface area contributed by atoms with Gasteiger partial charge in [-0.3, -0.25) is 0 Å². The Morgan fingerprint density at radius 1 is 1.38 bits per heavy atom. The van der Waals surface area contributed by atoms with E-state index in [0.717, 1.165) is 5.69 Å². The molecule has 1 fully saturated rings. The van der Waals surface area contributed by atoms with Crippen molar-refractivity contribution in [3.05, 3.63) is 16.1 Å². The molecule has 0 radical (unpaired) electrons. The first-order valence-corrected chi connectivity index (χ1v) is 8.78. The molecular formula is C11H18N2S3. The first-order chi connectivity index (χ1) is 7.75. The normalized spacial score (nSPS) is 20.6. The molecule has 2 rings (SSSR count). The number of thioether (sulfide) groups is 2. The summed E-state index contributed by atoms with van der Waals surface area (Å²) in [7, 11) is 0. The van der Waals surface area contributed by atoms with E-state index in [-0.39, 0.29) is 0 Å². The molecule has 0 spiro atoms. The molecular weight excluding hydrogens is 256 g/mol. The van der Waals surface area contributed by atoms with Crippen molar-refractivity contribution in [2.24, 2.45) is 0 Å². The Bertz CT molecular complexity index is 319. The first kappa shape index (κ1) is 12.7. The van der Waals surface area contributed by atoms with Crippen LogP contribution in [0, 0.1) is 6.92 Å². The Morgan fingerprint density at radius 2 is 2.06 bits per heavy atom. The number of aromatic nitrogens is 1. The zero-order valence-electron chi connectivity index (χ0n) is 9.73. The van der Waals surface area contributed by atoms with Gasteiger partial charge in [0.1, 0.15) is 5.01 Å². The van der Waals surface area contributed by atoms with Crippen LogP contribution < -0.4 is 5.32 Å². The van der Waals surface area contributed by atoms with Crippen molar-refractivity contribution in [3.63, 3.8) is 0 Å². The molecule has 0 aliphatic carbocycles. The van der Waals surface area contributed by atoms with Gasteiger partial charge in [0.05, 0.1) is 6.04 Å². The Balaban J connectivity index is 1.88. The summed E-state index contributed by atoms with van der Waals surface area (Å²) in [6, 6.07) is 1.03. The van der Waals surface area contributed by atoms with Crippen LogP contribution in [0.2, 0.25) is 0 Å². The Labute approximate surface area is 110 Å². The Kier molecular flexibility index (Phi) is 5.00. The Hall–Kier alpha value is 0.290. The molecule has 2 heterocycles. The number of nitrogens with one attached hydrogen (secondary N) is 1. The molecule has 0 amide bonds. The van der Waals surface area contributed by atoms with Crippen molar-refractivity contribution in [3.8, 4) is 0 Å². The van der Waals surface area contributed by atoms with E-state index in [9.17, 15) is 0 Å². The fraction of sp³-hybridized carbons (Fsp3) is 0.727. The van der Waals surface area contributed by atoms with Gasteiger partial charge in [-0.25, -0.2) is 4.98 Å². The monoisotopic (exact) mass is 274 g/mol. The molecule has 5 heteroatoms. The van der Waals surface area contributed by atoms with E-state index in [0.29, 0.717) is 12.1 Å². The third kappa shape index (κ3) is 3.65. The second-order valence-corrected chi connectivity index (χ2v) is 7.25. The standard InChI is InChI=1S/C11H18N2S3/c1-8-5-16-11(12-8)9(2)13-10-6-14-3-4-15-7-10/h5,9-10,13H,3-4,6-7H2,1-2H3/t9-/m1/s1. The van der Waals surface area contributed by atoms with Crippen LogP contribution in [0.5, 0.6) is 0 Å². The van der Waals surface area contributed by atoms with Gasteiger partial charge in [-0.05, 0) is 13.8 Å². The molecule has 1 atom stereocenters. The molecule has 1 aromatic heterocycles. The molecule has 1 aliphatic heterocycles. The largest absolute Gasteiger partial charge is 0.304 e. The maximum Gasteiger partial charge on any atom is 0.110 e. The molecule has 16 heavy (non-hydrogen) atoms. The lowest BCUT2D eigenvalue weighted by Crippen LogP contribution is -2.35. The minimum absolute atomic E-state index is 0.392. The molecule has 1 saturated heterocycles. The molecule has 1 aliphatic rings. The molecule has 0 bridgehead atoms. The van der Waals surface area contributed by atoms with Crippen molar-refractivity contribution in [2.45, 2.75) is 25.9 Å². The van der Waals surface area contributed by atoms with E-state index in [1.54, 1.807) is 11.3 Å². The van der Waals surface area contributed by atoms with Crippen LogP contribution in [-0.2, 0) is 0 Å². The third-order valence-corrected chi connectivity index (χ3v) is 6.17. The van der Waals surface area contributed by atoms with Crippen LogP contribution in [0.4, 0.5) is 0 Å². The van der Waals surface area contributed by atoms with Gasteiger partial charge in [-0.1, -0.05) is 0 Å². The van der Waals surface area contributed by atoms with Crippen molar-refractivity contribution < 1.29 is 0 Å². The zero-order valence-corrected chi connectivity index (χ0v) is 12.2. The van der Waals surface area contributed by atoms with E-state index < -0.39 is 0 Å². The van der Waals surface area contributed by atoms with Crippen molar-refractivity contribution >= 4 is 34.9 Å². The number of aryl methyl sites for hydroxylation is 1. The quantitative estimate of drug-likeness (QED) is 0.916. The second-order valence-electron chi connectivity index (χ2n) is 4.06. The smallest absolute Gasteiger partial charge is 0.110 e. The van der Waals surface area contributed by atoms with E-state index >= 15 is 0 Å². The lowest BCUT2D eigenvalue weighted by Gasteiger charge is -2.19. The Morgan fingerprint density at radius 3 is 2.62 bits per heavy atom. The summed E-state index contributed by atoms with van der Waals surface area (Å²) in [6.45, 7) is 4.28. The van der Waals surface area contributed by atoms with E-state index in [1.165, 1.54) is 28.0 Å². The SMILES string of the molecule is Cc1csc([C@@H](C)NC2CSCCSC2)n1. The maximum atomic E-state index is 4.54. The number of rotatable bonds is 3. The van der Waals surface area contributed by atoms with Crippen LogP contribution in [0.3, 0.4) is 0 Å². The number of hydrogen-bond donors (Lipinski definition) is 1. The maximum absolute atomic E-state index is 4.54. The topological polar surface area (TPSA) is 24.9 Å². The second kappa shape index (κ2) is 6.28. The number of thiazole rings is 1. The fourth-order valence-electron chi connectivity index (χ4n) is 1.71. The minimum atomic E-state index is 0.392. The van der Waals surface area contributed by atoms with Crippen LogP contribution >= 0.6 is 34.9 Å². The molecule has 0 aromatic carbocycles. The minimum Gasteiger partial charge on any atom is -0.304 e. The third-order valence-electron chi connectivity index (χ3n) is 2.50. The van der Waals surface area contributed by atoms with E-state index in [4.69, 9.17) is 0 Å². The summed E-state index contributed by atoms with van der Waals surface area (Å²) in [5, 5.41) is 7.04. The molecule has 0 unspecified atom stereocenters. The summed E-state index contributed by atoms with van der Waals surface area (Å²) in [4.78, 5) is 4.54. The van der Waals surface area contributed by atoms with Gasteiger partial charge < -0.3 is 5.32 Å². The summed E-state index contributed by atoms with van der Waals surface area (Å²) in [5.74, 6) is 5.07. The highest BCUT2D eigenvalue weighted by Gasteiger charge is 2.17. The summed E-state index contributed by atoms with van der Waals surface area (Å²) < 4.78 is 0. The van der Waals surface area contributed by atoms with Crippen LogP contribution in [0.25, 0.3) is 0 Å². The highest BCUT2D eigenvalue weighted by molar-refractivity contribution is 8.03. The first-order valence-electron chi connectivity index (χ1n) is 5.59. The van der Waals surface area contributed by atoms with Gasteiger partial charge in [-0.15, -0.1) is 11.3 Å². The number of nitrogens with zero attached hydrogens (tertiary/aromatic N) is 1. The molecule has 2 nitrogen and oxygen atoms in total. The van der Waals surface area contributed by atoms with Crippen LogP contribution in [-0.4, -0.2) is 34.0 Å². The van der Waals surface area contributed by atoms with Crippen LogP contribution in [0.1, 0.15) is 23.7 Å². The predicted octanol–water partition coefficient (Wildman–Crippen LogP) is 2.95. The zero-order chi connectivity index (χ0) is 11.4. The summed E-state index contributed by atoms with van der Waals surface area (Å²) in [6.07, 6.45) is 0. The molecule has 1 N–H and O–H groups in total. The van der Waals surface area contributed by atoms with E-state index in [1.807, 2.05) is 0 Å². The summed E-state index contributed by atoms with van der Waals surface area (Å²) >= 11 is 5.90. The average Bonchev–Trinajstić information content (AvgIpc) is 2.54. The molecule has 0 saturated carbocycles.